The number of ether oxygens (including phenoxy) is 2. The van der Waals surface area contributed by atoms with Crippen LogP contribution in [0, 0.1) is 0 Å². The van der Waals surface area contributed by atoms with Crippen LogP contribution in [0.5, 0.6) is 11.5 Å². The number of hydrogen-bond acceptors (Lipinski definition) is 5. The number of amides is 2. The van der Waals surface area contributed by atoms with Crippen molar-refractivity contribution < 1.29 is 19.1 Å². The lowest BCUT2D eigenvalue weighted by atomic mass is 10.2. The highest BCUT2D eigenvalue weighted by molar-refractivity contribution is 6.33. The van der Waals surface area contributed by atoms with Crippen molar-refractivity contribution in [2.45, 2.75) is 6.10 Å². The van der Waals surface area contributed by atoms with Crippen LogP contribution in [0.2, 0.25) is 5.02 Å². The minimum atomic E-state index is -0.243. The molecule has 1 N–H and O–H groups in total. The smallest absolute Gasteiger partial charge is 0.238 e. The molecule has 0 bridgehead atoms. The Morgan fingerprint density at radius 3 is 2.52 bits per heavy atom. The van der Waals surface area contributed by atoms with Gasteiger partial charge in [-0.2, -0.15) is 0 Å². The van der Waals surface area contributed by atoms with Gasteiger partial charge in [-0.3, -0.25) is 14.5 Å². The summed E-state index contributed by atoms with van der Waals surface area (Å²) >= 11 is 6.04. The number of carbonyl (C=O) groups is 2. The van der Waals surface area contributed by atoms with E-state index >= 15 is 0 Å². The number of hydrogen-bond donors (Lipinski definition) is 1. The predicted molar refractivity (Wildman–Crippen MR) is 112 cm³/mol. The van der Waals surface area contributed by atoms with Crippen LogP contribution in [0.15, 0.2) is 48.5 Å². The van der Waals surface area contributed by atoms with Crippen molar-refractivity contribution in [3.8, 4) is 11.5 Å². The summed E-state index contributed by atoms with van der Waals surface area (Å²) < 4.78 is 11.6. The SMILES string of the molecule is CN(CC(=O)Nc1ccccc1Cl)CC(=O)N(C)C[C@H]1COc2ccccc2O1. The number of carbonyl (C=O) groups excluding carboxylic acids is 2. The van der Waals surface area contributed by atoms with Crippen molar-refractivity contribution in [2.75, 3.05) is 45.7 Å². The van der Waals surface area contributed by atoms with Crippen LogP contribution in [0.3, 0.4) is 0 Å². The molecule has 2 amide bonds. The molecule has 0 unspecified atom stereocenters. The molecular weight excluding hydrogens is 394 g/mol. The minimum absolute atomic E-state index is 0.0707. The van der Waals surface area contributed by atoms with Crippen molar-refractivity contribution in [2.24, 2.45) is 0 Å². The molecule has 8 heteroatoms. The maximum Gasteiger partial charge on any atom is 0.238 e. The number of para-hydroxylation sites is 3. The zero-order chi connectivity index (χ0) is 20.8. The molecule has 1 atom stereocenters. The summed E-state index contributed by atoms with van der Waals surface area (Å²) in [5.41, 5.74) is 0.547. The minimum Gasteiger partial charge on any atom is -0.486 e. The van der Waals surface area contributed by atoms with Crippen molar-refractivity contribution >= 4 is 29.1 Å². The second-order valence-electron chi connectivity index (χ2n) is 6.97. The van der Waals surface area contributed by atoms with Gasteiger partial charge in [0.1, 0.15) is 6.61 Å². The molecule has 0 spiro atoms. The molecule has 3 rings (SSSR count). The second kappa shape index (κ2) is 9.62. The van der Waals surface area contributed by atoms with Crippen LogP contribution in [0.1, 0.15) is 0 Å². The maximum absolute atomic E-state index is 12.5. The molecule has 1 heterocycles. The van der Waals surface area contributed by atoms with E-state index in [0.29, 0.717) is 35.4 Å². The van der Waals surface area contributed by atoms with Crippen LogP contribution in [-0.2, 0) is 9.59 Å². The summed E-state index contributed by atoms with van der Waals surface area (Å²) in [7, 11) is 3.43. The number of benzene rings is 2. The molecule has 0 fully saturated rings. The summed E-state index contributed by atoms with van der Waals surface area (Å²) in [6.07, 6.45) is -0.243. The fourth-order valence-electron chi connectivity index (χ4n) is 2.97. The van der Waals surface area contributed by atoms with Crippen LogP contribution in [0.4, 0.5) is 5.69 Å². The van der Waals surface area contributed by atoms with E-state index in [9.17, 15) is 9.59 Å². The molecule has 2 aromatic rings. The molecule has 0 aliphatic carbocycles. The number of fused-ring (bicyclic) bond motifs is 1. The Morgan fingerprint density at radius 2 is 1.76 bits per heavy atom. The highest BCUT2D eigenvalue weighted by Gasteiger charge is 2.24. The third-order valence-corrected chi connectivity index (χ3v) is 4.77. The number of halogens is 1. The topological polar surface area (TPSA) is 71.1 Å². The van der Waals surface area contributed by atoms with E-state index in [4.69, 9.17) is 21.1 Å². The van der Waals surface area contributed by atoms with Gasteiger partial charge in [-0.25, -0.2) is 0 Å². The number of nitrogens with one attached hydrogen (secondary N) is 1. The highest BCUT2D eigenvalue weighted by Crippen LogP contribution is 2.30. The van der Waals surface area contributed by atoms with Crippen LogP contribution in [-0.4, -0.2) is 68.1 Å². The Bertz CT molecular complexity index is 877. The van der Waals surface area contributed by atoms with Gasteiger partial charge in [0, 0.05) is 7.05 Å². The number of anilines is 1. The summed E-state index contributed by atoms with van der Waals surface area (Å²) in [4.78, 5) is 27.9. The number of nitrogens with zero attached hydrogens (tertiary/aromatic N) is 2. The number of likely N-dealkylation sites (N-methyl/N-ethyl adjacent to an activating group) is 2. The van der Waals surface area contributed by atoms with Gasteiger partial charge in [0.15, 0.2) is 17.6 Å². The van der Waals surface area contributed by atoms with Gasteiger partial charge in [0.25, 0.3) is 0 Å². The van der Waals surface area contributed by atoms with Crippen molar-refractivity contribution in [1.82, 2.24) is 9.80 Å². The van der Waals surface area contributed by atoms with E-state index in [1.165, 1.54) is 0 Å². The Labute approximate surface area is 175 Å². The van der Waals surface area contributed by atoms with E-state index in [-0.39, 0.29) is 31.0 Å². The van der Waals surface area contributed by atoms with Gasteiger partial charge >= 0.3 is 0 Å². The quantitative estimate of drug-likeness (QED) is 0.749. The van der Waals surface area contributed by atoms with Gasteiger partial charge in [-0.15, -0.1) is 0 Å². The third kappa shape index (κ3) is 5.85. The predicted octanol–water partition coefficient (Wildman–Crippen LogP) is 2.51. The largest absolute Gasteiger partial charge is 0.486 e. The Balaban J connectivity index is 1.44. The fraction of sp³-hybridized carbons (Fsp3) is 0.333. The Morgan fingerprint density at radius 1 is 1.07 bits per heavy atom. The average Bonchev–Trinajstić information content (AvgIpc) is 2.69. The van der Waals surface area contributed by atoms with Crippen molar-refractivity contribution in [3.63, 3.8) is 0 Å². The molecule has 154 valence electrons. The first-order valence-electron chi connectivity index (χ1n) is 9.27. The highest BCUT2D eigenvalue weighted by atomic mass is 35.5. The van der Waals surface area contributed by atoms with Crippen molar-refractivity contribution in [3.05, 3.63) is 53.6 Å². The van der Waals surface area contributed by atoms with E-state index in [1.54, 1.807) is 48.2 Å². The standard InChI is InChI=1S/C21H24ClN3O4/c1-24(12-20(26)23-17-8-4-3-7-16(17)22)13-21(27)25(2)11-15-14-28-18-9-5-6-10-19(18)29-15/h3-10,15H,11-14H2,1-2H3,(H,23,26)/t15-/m0/s1. The zero-order valence-corrected chi connectivity index (χ0v) is 17.2. The van der Waals surface area contributed by atoms with Gasteiger partial charge in [-0.05, 0) is 31.3 Å². The monoisotopic (exact) mass is 417 g/mol. The zero-order valence-electron chi connectivity index (χ0n) is 16.4. The first-order chi connectivity index (χ1) is 13.9. The van der Waals surface area contributed by atoms with E-state index in [0.717, 1.165) is 0 Å². The summed E-state index contributed by atoms with van der Waals surface area (Å²) in [5, 5.41) is 3.21. The Hall–Kier alpha value is -2.77. The molecule has 0 aromatic heterocycles. The molecule has 0 radical (unpaired) electrons. The summed E-state index contributed by atoms with van der Waals surface area (Å²) in [5.74, 6) is 1.04. The molecule has 1 aliphatic rings. The first-order valence-corrected chi connectivity index (χ1v) is 9.65. The first kappa shape index (κ1) is 21.0. The maximum atomic E-state index is 12.5. The molecule has 0 saturated carbocycles. The molecule has 7 nitrogen and oxygen atoms in total. The van der Waals surface area contributed by atoms with Crippen LogP contribution in [0.25, 0.3) is 0 Å². The average molecular weight is 418 g/mol. The molecule has 0 saturated heterocycles. The third-order valence-electron chi connectivity index (χ3n) is 4.44. The van der Waals surface area contributed by atoms with Gasteiger partial charge < -0.3 is 19.7 Å². The molecule has 1 aliphatic heterocycles. The van der Waals surface area contributed by atoms with E-state index in [1.807, 2.05) is 24.3 Å². The van der Waals surface area contributed by atoms with Crippen LogP contribution < -0.4 is 14.8 Å². The lowest BCUT2D eigenvalue weighted by Gasteiger charge is -2.30. The Kier molecular flexibility index (Phi) is 6.95. The second-order valence-corrected chi connectivity index (χ2v) is 7.38. The lowest BCUT2D eigenvalue weighted by Crippen LogP contribution is -2.45. The van der Waals surface area contributed by atoms with Gasteiger partial charge in [0.2, 0.25) is 11.8 Å². The van der Waals surface area contributed by atoms with Gasteiger partial charge in [0.05, 0.1) is 30.3 Å². The lowest BCUT2D eigenvalue weighted by molar-refractivity contribution is -0.132. The van der Waals surface area contributed by atoms with E-state index < -0.39 is 0 Å². The summed E-state index contributed by atoms with van der Waals surface area (Å²) in [6.45, 7) is 0.954. The molecule has 29 heavy (non-hydrogen) atoms. The normalized spacial score (nSPS) is 15.1. The molecule has 2 aromatic carbocycles. The summed E-state index contributed by atoms with van der Waals surface area (Å²) in [6, 6.07) is 14.5. The van der Waals surface area contributed by atoms with E-state index in [2.05, 4.69) is 5.32 Å². The van der Waals surface area contributed by atoms with Gasteiger partial charge in [-0.1, -0.05) is 35.9 Å². The fourth-order valence-corrected chi connectivity index (χ4v) is 3.15. The van der Waals surface area contributed by atoms with Crippen molar-refractivity contribution in [1.29, 1.82) is 0 Å². The molecular formula is C21H24ClN3O4. The van der Waals surface area contributed by atoms with Crippen LogP contribution >= 0.6 is 11.6 Å². The number of rotatable bonds is 7.